The van der Waals surface area contributed by atoms with Gasteiger partial charge in [-0.05, 0) is 31.2 Å². The van der Waals surface area contributed by atoms with Crippen molar-refractivity contribution in [3.8, 4) is 0 Å². The van der Waals surface area contributed by atoms with E-state index in [2.05, 4.69) is 16.0 Å². The van der Waals surface area contributed by atoms with Crippen LogP contribution in [0.25, 0.3) is 0 Å². The van der Waals surface area contributed by atoms with E-state index in [0.717, 1.165) is 18.4 Å². The van der Waals surface area contributed by atoms with E-state index in [1.807, 2.05) is 11.8 Å². The Hall–Kier alpha value is -2.61. The molecule has 0 aromatic heterocycles. The molecule has 2 aromatic rings. The first kappa shape index (κ1) is 31.3. The van der Waals surface area contributed by atoms with E-state index < -0.39 is 35.7 Å². The Bertz CT molecular complexity index is 1260. The van der Waals surface area contributed by atoms with Gasteiger partial charge in [0.05, 0.1) is 28.6 Å². The standard InChI is InChI=1S/C27H31ClF5N5O2S/c1-16-15-38(10-9-37(16)8-6-27(31,32)33)21-12-18(28)3-5-20(21)36-25(39)19-4-2-17(23(29)24(19)30)13-35-26(40)22-14-34-7-11-41-22/h2-5,12,16,22,34H,6-11,13-15H2,1H3,(H,35,40)(H,36,39)/t16-,22+/m1/s1. The highest BCUT2D eigenvalue weighted by atomic mass is 35.5. The largest absolute Gasteiger partial charge is 0.390 e. The normalized spacial score (nSPS) is 20.1. The molecule has 2 atom stereocenters. The third-order valence-electron chi connectivity index (χ3n) is 7.08. The number of carbonyl (C=O) groups excluding carboxylic acids is 2. The van der Waals surface area contributed by atoms with Crippen LogP contribution in [-0.4, -0.2) is 79.2 Å². The Morgan fingerprint density at radius 1 is 1.15 bits per heavy atom. The van der Waals surface area contributed by atoms with Crippen molar-refractivity contribution in [3.05, 3.63) is 58.1 Å². The Morgan fingerprint density at radius 3 is 2.61 bits per heavy atom. The van der Waals surface area contributed by atoms with Gasteiger partial charge in [-0.3, -0.25) is 14.5 Å². The number of hydrogen-bond acceptors (Lipinski definition) is 6. The minimum absolute atomic E-state index is 0.0919. The molecular formula is C27H31ClF5N5O2S. The van der Waals surface area contributed by atoms with Crippen LogP contribution in [0.15, 0.2) is 30.3 Å². The fraction of sp³-hybridized carbons (Fsp3) is 0.481. The number of hydrogen-bond donors (Lipinski definition) is 3. The van der Waals surface area contributed by atoms with Crippen LogP contribution >= 0.6 is 23.4 Å². The molecule has 14 heteroatoms. The molecule has 2 aromatic carbocycles. The summed E-state index contributed by atoms with van der Waals surface area (Å²) in [7, 11) is 0. The molecule has 224 valence electrons. The number of carbonyl (C=O) groups is 2. The van der Waals surface area contributed by atoms with Crippen molar-refractivity contribution in [1.29, 1.82) is 0 Å². The summed E-state index contributed by atoms with van der Waals surface area (Å²) in [5.74, 6) is -2.97. The van der Waals surface area contributed by atoms with Gasteiger partial charge in [0.25, 0.3) is 5.91 Å². The van der Waals surface area contributed by atoms with Gasteiger partial charge in [-0.1, -0.05) is 17.7 Å². The van der Waals surface area contributed by atoms with Crippen molar-refractivity contribution in [2.45, 2.75) is 37.4 Å². The van der Waals surface area contributed by atoms with Gasteiger partial charge in [0.2, 0.25) is 5.91 Å². The molecule has 0 unspecified atom stereocenters. The molecule has 0 radical (unpaired) electrons. The van der Waals surface area contributed by atoms with Crippen LogP contribution in [0, 0.1) is 11.6 Å². The zero-order valence-electron chi connectivity index (χ0n) is 22.3. The number of rotatable bonds is 8. The van der Waals surface area contributed by atoms with E-state index in [4.69, 9.17) is 11.6 Å². The molecule has 41 heavy (non-hydrogen) atoms. The number of nitrogens with zero attached hydrogens (tertiary/aromatic N) is 2. The predicted octanol–water partition coefficient (Wildman–Crippen LogP) is 4.65. The second kappa shape index (κ2) is 13.6. The van der Waals surface area contributed by atoms with Crippen molar-refractivity contribution < 1.29 is 31.5 Å². The summed E-state index contributed by atoms with van der Waals surface area (Å²) in [4.78, 5) is 29.0. The number of benzene rings is 2. The van der Waals surface area contributed by atoms with Crippen LogP contribution in [0.5, 0.6) is 0 Å². The van der Waals surface area contributed by atoms with Gasteiger partial charge >= 0.3 is 6.18 Å². The molecule has 4 rings (SSSR count). The monoisotopic (exact) mass is 619 g/mol. The fourth-order valence-electron chi connectivity index (χ4n) is 4.81. The molecule has 7 nitrogen and oxygen atoms in total. The third kappa shape index (κ3) is 8.24. The van der Waals surface area contributed by atoms with Crippen LogP contribution < -0.4 is 20.9 Å². The lowest BCUT2D eigenvalue weighted by atomic mass is 10.1. The Kier molecular flexibility index (Phi) is 10.4. The number of piperazine rings is 1. The molecule has 0 spiro atoms. The summed E-state index contributed by atoms with van der Waals surface area (Å²) < 4.78 is 67.9. The maximum absolute atomic E-state index is 15.0. The molecule has 2 aliphatic heterocycles. The topological polar surface area (TPSA) is 76.7 Å². The molecule has 2 aliphatic rings. The smallest absolute Gasteiger partial charge is 0.367 e. The summed E-state index contributed by atoms with van der Waals surface area (Å²) in [5, 5.41) is 8.39. The van der Waals surface area contributed by atoms with Gasteiger partial charge in [-0.2, -0.15) is 13.2 Å². The summed E-state index contributed by atoms with van der Waals surface area (Å²) in [6.45, 7) is 3.89. The first-order valence-corrected chi connectivity index (χ1v) is 14.6. The maximum atomic E-state index is 15.0. The van der Waals surface area contributed by atoms with Crippen molar-refractivity contribution in [1.82, 2.24) is 15.5 Å². The highest BCUT2D eigenvalue weighted by Gasteiger charge is 2.32. The van der Waals surface area contributed by atoms with Gasteiger partial charge < -0.3 is 20.9 Å². The molecule has 2 saturated heterocycles. The molecular weight excluding hydrogens is 589 g/mol. The van der Waals surface area contributed by atoms with Gasteiger partial charge in [0, 0.05) is 68.2 Å². The third-order valence-corrected chi connectivity index (χ3v) is 8.53. The summed E-state index contributed by atoms with van der Waals surface area (Å²) in [6, 6.07) is 6.88. The number of thioether (sulfide) groups is 1. The molecule has 2 heterocycles. The van der Waals surface area contributed by atoms with Gasteiger partial charge in [-0.25, -0.2) is 8.78 Å². The Labute approximate surface area is 244 Å². The summed E-state index contributed by atoms with van der Waals surface area (Å²) in [5.41, 5.74) is 0.204. The number of nitrogens with one attached hydrogen (secondary N) is 3. The first-order valence-electron chi connectivity index (χ1n) is 13.2. The molecule has 0 bridgehead atoms. The van der Waals surface area contributed by atoms with Crippen molar-refractivity contribution in [3.63, 3.8) is 0 Å². The second-order valence-electron chi connectivity index (χ2n) is 9.99. The quantitative estimate of drug-likeness (QED) is 0.374. The van der Waals surface area contributed by atoms with E-state index in [-0.39, 0.29) is 35.9 Å². The zero-order valence-corrected chi connectivity index (χ0v) is 23.9. The minimum Gasteiger partial charge on any atom is -0.367 e. The zero-order chi connectivity index (χ0) is 29.7. The minimum atomic E-state index is -4.24. The lowest BCUT2D eigenvalue weighted by Gasteiger charge is -2.41. The van der Waals surface area contributed by atoms with Crippen molar-refractivity contribution >= 4 is 46.6 Å². The Balaban J connectivity index is 1.43. The second-order valence-corrected chi connectivity index (χ2v) is 11.7. The fourth-order valence-corrected chi connectivity index (χ4v) is 5.99. The van der Waals surface area contributed by atoms with Gasteiger partial charge in [-0.15, -0.1) is 11.8 Å². The molecule has 0 saturated carbocycles. The molecule has 0 aliphatic carbocycles. The van der Waals surface area contributed by atoms with E-state index in [1.54, 1.807) is 11.0 Å². The highest BCUT2D eigenvalue weighted by Crippen LogP contribution is 2.32. The van der Waals surface area contributed by atoms with Gasteiger partial charge in [0.1, 0.15) is 0 Å². The first-order chi connectivity index (χ1) is 19.4. The number of alkyl halides is 3. The molecule has 2 fully saturated rings. The van der Waals surface area contributed by atoms with Gasteiger partial charge in [0.15, 0.2) is 11.6 Å². The average Bonchev–Trinajstić information content (AvgIpc) is 2.93. The molecule has 3 N–H and O–H groups in total. The van der Waals surface area contributed by atoms with Crippen molar-refractivity contribution in [2.75, 3.05) is 55.2 Å². The number of anilines is 2. The maximum Gasteiger partial charge on any atom is 0.390 e. The van der Waals surface area contributed by atoms with E-state index in [9.17, 15) is 31.5 Å². The lowest BCUT2D eigenvalue weighted by molar-refractivity contribution is -0.139. The van der Waals surface area contributed by atoms with Crippen LogP contribution in [-0.2, 0) is 11.3 Å². The summed E-state index contributed by atoms with van der Waals surface area (Å²) in [6.07, 6.45) is -5.14. The van der Waals surface area contributed by atoms with Crippen LogP contribution in [0.4, 0.5) is 33.3 Å². The van der Waals surface area contributed by atoms with E-state index >= 15 is 0 Å². The van der Waals surface area contributed by atoms with E-state index in [0.29, 0.717) is 42.6 Å². The average molecular weight is 620 g/mol. The predicted molar refractivity (Wildman–Crippen MR) is 151 cm³/mol. The van der Waals surface area contributed by atoms with Crippen LogP contribution in [0.2, 0.25) is 5.02 Å². The van der Waals surface area contributed by atoms with Crippen LogP contribution in [0.1, 0.15) is 29.3 Å². The molecule has 2 amide bonds. The SMILES string of the molecule is C[C@@H]1CN(c2cc(Cl)ccc2NC(=O)c2ccc(CNC(=O)[C@@H]3CNCCS3)c(F)c2F)CCN1CCC(F)(F)F. The number of amides is 2. The van der Waals surface area contributed by atoms with Crippen LogP contribution in [0.3, 0.4) is 0 Å². The summed E-state index contributed by atoms with van der Waals surface area (Å²) >= 11 is 7.69. The lowest BCUT2D eigenvalue weighted by Crippen LogP contribution is -2.52. The highest BCUT2D eigenvalue weighted by molar-refractivity contribution is 8.00. The number of halogens is 6. The Morgan fingerprint density at radius 2 is 1.93 bits per heavy atom. The van der Waals surface area contributed by atoms with Crippen molar-refractivity contribution in [2.24, 2.45) is 0 Å². The van der Waals surface area contributed by atoms with E-state index in [1.165, 1.54) is 30.0 Å².